The van der Waals surface area contributed by atoms with Gasteiger partial charge in [-0.3, -0.25) is 4.79 Å². The van der Waals surface area contributed by atoms with Crippen molar-refractivity contribution in [2.24, 2.45) is 0 Å². The lowest BCUT2D eigenvalue weighted by atomic mass is 10.2. The molecule has 6 heteroatoms. The number of ether oxygens (including phenoxy) is 1. The summed E-state index contributed by atoms with van der Waals surface area (Å²) in [5, 5.41) is 3.26. The minimum atomic E-state index is -0.870. The van der Waals surface area contributed by atoms with Gasteiger partial charge >= 0.3 is 5.97 Å². The highest BCUT2D eigenvalue weighted by Gasteiger charge is 2.20. The van der Waals surface area contributed by atoms with Crippen molar-refractivity contribution in [1.82, 2.24) is 5.32 Å². The smallest absolute Gasteiger partial charge is 0.340 e. The molecule has 104 valence electrons. The van der Waals surface area contributed by atoms with Gasteiger partial charge in [-0.2, -0.15) is 0 Å². The first-order chi connectivity index (χ1) is 8.95. The van der Waals surface area contributed by atoms with E-state index in [1.165, 1.54) is 25.1 Å². The van der Waals surface area contributed by atoms with E-state index in [1.54, 1.807) is 0 Å². The standard InChI is InChI=1S/C13H15Cl2NO3/c1-3-6-16-12(17)8(2)19-13(18)10-5-4-9(14)7-11(10)15/h4-5,7-8H,3,6H2,1-2H3,(H,16,17)/t8-/m0/s1. The van der Waals surface area contributed by atoms with Gasteiger partial charge in [-0.05, 0) is 31.5 Å². The van der Waals surface area contributed by atoms with E-state index >= 15 is 0 Å². The molecule has 1 amide bonds. The molecule has 0 radical (unpaired) electrons. The zero-order chi connectivity index (χ0) is 14.4. The molecule has 1 rings (SSSR count). The van der Waals surface area contributed by atoms with Crippen LogP contribution < -0.4 is 5.32 Å². The molecule has 0 saturated heterocycles. The normalized spacial score (nSPS) is 11.8. The van der Waals surface area contributed by atoms with Crippen LogP contribution in [0, 0.1) is 0 Å². The van der Waals surface area contributed by atoms with Crippen molar-refractivity contribution in [2.75, 3.05) is 6.54 Å². The Labute approximate surface area is 122 Å². The average molecular weight is 304 g/mol. The van der Waals surface area contributed by atoms with Gasteiger partial charge in [0.15, 0.2) is 6.10 Å². The van der Waals surface area contributed by atoms with Crippen molar-refractivity contribution in [3.63, 3.8) is 0 Å². The number of hydrogen-bond acceptors (Lipinski definition) is 3. The van der Waals surface area contributed by atoms with E-state index in [-0.39, 0.29) is 16.5 Å². The van der Waals surface area contributed by atoms with Crippen LogP contribution in [0.4, 0.5) is 0 Å². The number of amides is 1. The Hall–Kier alpha value is -1.26. The summed E-state index contributed by atoms with van der Waals surface area (Å²) in [7, 11) is 0. The molecule has 1 atom stereocenters. The summed E-state index contributed by atoms with van der Waals surface area (Å²) in [6, 6.07) is 4.44. The van der Waals surface area contributed by atoms with Gasteiger partial charge in [0.1, 0.15) is 0 Å². The van der Waals surface area contributed by atoms with Crippen LogP contribution in [0.3, 0.4) is 0 Å². The van der Waals surface area contributed by atoms with Crippen molar-refractivity contribution in [3.05, 3.63) is 33.8 Å². The number of hydrogen-bond donors (Lipinski definition) is 1. The highest BCUT2D eigenvalue weighted by atomic mass is 35.5. The summed E-state index contributed by atoms with van der Waals surface area (Å²) < 4.78 is 5.04. The second-order valence-electron chi connectivity index (χ2n) is 3.96. The number of carbonyl (C=O) groups excluding carboxylic acids is 2. The van der Waals surface area contributed by atoms with E-state index in [1.807, 2.05) is 6.92 Å². The molecule has 0 heterocycles. The number of carbonyl (C=O) groups is 2. The maximum atomic E-state index is 11.8. The molecule has 0 aliphatic heterocycles. The molecule has 4 nitrogen and oxygen atoms in total. The van der Waals surface area contributed by atoms with Crippen LogP contribution in [0.25, 0.3) is 0 Å². The molecular weight excluding hydrogens is 289 g/mol. The number of nitrogens with one attached hydrogen (secondary N) is 1. The van der Waals surface area contributed by atoms with Crippen molar-refractivity contribution in [2.45, 2.75) is 26.4 Å². The van der Waals surface area contributed by atoms with E-state index in [0.29, 0.717) is 11.6 Å². The quantitative estimate of drug-likeness (QED) is 0.851. The molecular formula is C13H15Cl2NO3. The maximum Gasteiger partial charge on any atom is 0.340 e. The van der Waals surface area contributed by atoms with Crippen molar-refractivity contribution < 1.29 is 14.3 Å². The van der Waals surface area contributed by atoms with Crippen LogP contribution >= 0.6 is 23.2 Å². The van der Waals surface area contributed by atoms with E-state index in [2.05, 4.69) is 5.32 Å². The van der Waals surface area contributed by atoms with Gasteiger partial charge in [-0.15, -0.1) is 0 Å². The first kappa shape index (κ1) is 15.8. The molecule has 1 aromatic rings. The lowest BCUT2D eigenvalue weighted by Gasteiger charge is -2.13. The summed E-state index contributed by atoms with van der Waals surface area (Å²) in [5.74, 6) is -0.985. The Balaban J connectivity index is 2.66. The predicted octanol–water partition coefficient (Wildman–Crippen LogP) is 3.06. The monoisotopic (exact) mass is 303 g/mol. The van der Waals surface area contributed by atoms with Crippen molar-refractivity contribution in [1.29, 1.82) is 0 Å². The fraction of sp³-hybridized carbons (Fsp3) is 0.385. The fourth-order valence-corrected chi connectivity index (χ4v) is 1.81. The molecule has 0 bridgehead atoms. The van der Waals surface area contributed by atoms with E-state index in [0.717, 1.165) is 6.42 Å². The molecule has 0 aliphatic carbocycles. The number of halogens is 2. The van der Waals surface area contributed by atoms with Crippen molar-refractivity contribution in [3.8, 4) is 0 Å². The third-order valence-corrected chi connectivity index (χ3v) is 2.90. The van der Waals surface area contributed by atoms with Crippen LogP contribution in [0.15, 0.2) is 18.2 Å². The van der Waals surface area contributed by atoms with Crippen LogP contribution in [0.5, 0.6) is 0 Å². The van der Waals surface area contributed by atoms with E-state index in [9.17, 15) is 9.59 Å². The third kappa shape index (κ3) is 4.73. The Morgan fingerprint density at radius 2 is 2.05 bits per heavy atom. The Morgan fingerprint density at radius 1 is 1.37 bits per heavy atom. The third-order valence-electron chi connectivity index (χ3n) is 2.35. The number of esters is 1. The van der Waals surface area contributed by atoms with Gasteiger partial charge in [-0.1, -0.05) is 30.1 Å². The predicted molar refractivity (Wildman–Crippen MR) is 74.6 cm³/mol. The van der Waals surface area contributed by atoms with Crippen LogP contribution in [-0.2, 0) is 9.53 Å². The van der Waals surface area contributed by atoms with Gasteiger partial charge in [-0.25, -0.2) is 4.79 Å². The molecule has 0 unspecified atom stereocenters. The summed E-state index contributed by atoms with van der Waals surface area (Å²) in [6.07, 6.45) is -0.0547. The summed E-state index contributed by atoms with van der Waals surface area (Å²) >= 11 is 11.6. The fourth-order valence-electron chi connectivity index (χ4n) is 1.32. The van der Waals surface area contributed by atoms with Gasteiger partial charge in [0, 0.05) is 11.6 Å². The maximum absolute atomic E-state index is 11.8. The molecule has 1 N–H and O–H groups in total. The Morgan fingerprint density at radius 3 is 2.63 bits per heavy atom. The first-order valence-corrected chi connectivity index (χ1v) is 6.65. The van der Waals surface area contributed by atoms with E-state index in [4.69, 9.17) is 27.9 Å². The Kier molecular flexibility index (Phi) is 6.12. The van der Waals surface area contributed by atoms with Gasteiger partial charge in [0.05, 0.1) is 10.6 Å². The molecule has 0 fully saturated rings. The van der Waals surface area contributed by atoms with Gasteiger partial charge in [0.25, 0.3) is 5.91 Å². The molecule has 0 aromatic heterocycles. The van der Waals surface area contributed by atoms with E-state index < -0.39 is 12.1 Å². The second kappa shape index (κ2) is 7.36. The Bertz CT molecular complexity index is 477. The molecule has 0 spiro atoms. The van der Waals surface area contributed by atoms with Crippen LogP contribution in [-0.4, -0.2) is 24.5 Å². The average Bonchev–Trinajstić information content (AvgIpc) is 2.35. The van der Waals surface area contributed by atoms with Crippen LogP contribution in [0.2, 0.25) is 10.0 Å². The highest BCUT2D eigenvalue weighted by molar-refractivity contribution is 6.36. The first-order valence-electron chi connectivity index (χ1n) is 5.89. The van der Waals surface area contributed by atoms with Crippen molar-refractivity contribution >= 4 is 35.1 Å². The number of benzene rings is 1. The molecule has 0 aliphatic rings. The molecule has 0 saturated carbocycles. The summed E-state index contributed by atoms with van der Waals surface area (Å²) in [5.41, 5.74) is 0.182. The highest BCUT2D eigenvalue weighted by Crippen LogP contribution is 2.22. The zero-order valence-electron chi connectivity index (χ0n) is 10.7. The minimum absolute atomic E-state index is 0.182. The second-order valence-corrected chi connectivity index (χ2v) is 4.81. The molecule has 1 aromatic carbocycles. The topological polar surface area (TPSA) is 55.4 Å². The zero-order valence-corrected chi connectivity index (χ0v) is 12.2. The summed E-state index contributed by atoms with van der Waals surface area (Å²) in [6.45, 7) is 3.99. The SMILES string of the molecule is CCCNC(=O)[C@H](C)OC(=O)c1ccc(Cl)cc1Cl. The van der Waals surface area contributed by atoms with Crippen LogP contribution in [0.1, 0.15) is 30.6 Å². The lowest BCUT2D eigenvalue weighted by molar-refractivity contribution is -0.129. The van der Waals surface area contributed by atoms with Gasteiger partial charge in [0.2, 0.25) is 0 Å². The summed E-state index contributed by atoms with van der Waals surface area (Å²) in [4.78, 5) is 23.4. The lowest BCUT2D eigenvalue weighted by Crippen LogP contribution is -2.36. The number of rotatable bonds is 5. The minimum Gasteiger partial charge on any atom is -0.449 e. The largest absolute Gasteiger partial charge is 0.449 e. The molecule has 19 heavy (non-hydrogen) atoms. The van der Waals surface area contributed by atoms with Gasteiger partial charge < -0.3 is 10.1 Å².